The molecule has 0 aliphatic heterocycles. The quantitative estimate of drug-likeness (QED) is 0.445. The standard InChI is InChI=1S/C17H26N2O4S/c1-23-17(20)14-8-10-16(11-9-14)24(21,22)19-13-12-18-15-6-4-2-3-5-7-15/h8-11,15,18-19H,2-7,12-13H2,1H3. The number of carbonyl (C=O) groups is 1. The number of carbonyl (C=O) groups excluding carboxylic acids is 1. The highest BCUT2D eigenvalue weighted by Gasteiger charge is 2.15. The van der Waals surface area contributed by atoms with Crippen LogP contribution in [0, 0.1) is 0 Å². The molecule has 1 saturated carbocycles. The minimum atomic E-state index is -3.56. The predicted octanol–water partition coefficient (Wildman–Crippen LogP) is 2.06. The first kappa shape index (κ1) is 18.9. The normalized spacial score (nSPS) is 16.5. The van der Waals surface area contributed by atoms with E-state index < -0.39 is 16.0 Å². The van der Waals surface area contributed by atoms with E-state index in [2.05, 4.69) is 14.8 Å². The molecule has 0 atom stereocenters. The smallest absolute Gasteiger partial charge is 0.337 e. The van der Waals surface area contributed by atoms with Crippen LogP contribution in [0.2, 0.25) is 0 Å². The summed E-state index contributed by atoms with van der Waals surface area (Å²) < 4.78 is 31.6. The lowest BCUT2D eigenvalue weighted by atomic mass is 10.1. The number of benzene rings is 1. The Kier molecular flexibility index (Phi) is 7.20. The highest BCUT2D eigenvalue weighted by Crippen LogP contribution is 2.17. The molecule has 134 valence electrons. The summed E-state index contributed by atoms with van der Waals surface area (Å²) in [6.07, 6.45) is 7.42. The zero-order valence-corrected chi connectivity index (χ0v) is 14.9. The highest BCUT2D eigenvalue weighted by atomic mass is 32.2. The molecule has 0 unspecified atom stereocenters. The number of ether oxygens (including phenoxy) is 1. The summed E-state index contributed by atoms with van der Waals surface area (Å²) in [6, 6.07) is 6.21. The molecule has 1 fully saturated rings. The third-order valence-corrected chi connectivity index (χ3v) is 5.77. The lowest BCUT2D eigenvalue weighted by molar-refractivity contribution is 0.0600. The van der Waals surface area contributed by atoms with E-state index in [-0.39, 0.29) is 4.90 Å². The van der Waals surface area contributed by atoms with Gasteiger partial charge in [-0.2, -0.15) is 0 Å². The van der Waals surface area contributed by atoms with Crippen LogP contribution in [0.4, 0.5) is 0 Å². The Morgan fingerprint density at radius 1 is 1.08 bits per heavy atom. The maximum atomic E-state index is 12.2. The summed E-state index contributed by atoms with van der Waals surface area (Å²) in [7, 11) is -2.27. The third-order valence-electron chi connectivity index (χ3n) is 4.29. The number of nitrogens with one attached hydrogen (secondary N) is 2. The molecule has 6 nitrogen and oxygen atoms in total. The van der Waals surface area contributed by atoms with E-state index in [4.69, 9.17) is 0 Å². The molecular weight excluding hydrogens is 328 g/mol. The second-order valence-electron chi connectivity index (χ2n) is 6.06. The maximum Gasteiger partial charge on any atom is 0.337 e. The van der Waals surface area contributed by atoms with Crippen molar-refractivity contribution in [3.05, 3.63) is 29.8 Å². The van der Waals surface area contributed by atoms with E-state index in [1.165, 1.54) is 69.9 Å². The zero-order chi connectivity index (χ0) is 17.4. The van der Waals surface area contributed by atoms with Gasteiger partial charge in [0.15, 0.2) is 0 Å². The molecule has 1 aliphatic rings. The minimum absolute atomic E-state index is 0.143. The fourth-order valence-corrected chi connectivity index (χ4v) is 3.95. The number of esters is 1. The molecule has 0 radical (unpaired) electrons. The van der Waals surface area contributed by atoms with Crippen molar-refractivity contribution >= 4 is 16.0 Å². The Balaban J connectivity index is 1.81. The number of hydrogen-bond acceptors (Lipinski definition) is 5. The molecule has 0 heterocycles. The Morgan fingerprint density at radius 2 is 1.71 bits per heavy atom. The van der Waals surface area contributed by atoms with Gasteiger partial charge >= 0.3 is 5.97 Å². The fourth-order valence-electron chi connectivity index (χ4n) is 2.92. The summed E-state index contributed by atoms with van der Waals surface area (Å²) in [5, 5.41) is 3.43. The van der Waals surface area contributed by atoms with Crippen LogP contribution in [0.25, 0.3) is 0 Å². The molecule has 0 amide bonds. The van der Waals surface area contributed by atoms with Crippen molar-refractivity contribution in [3.63, 3.8) is 0 Å². The topological polar surface area (TPSA) is 84.5 Å². The van der Waals surface area contributed by atoms with Crippen LogP contribution in [0.1, 0.15) is 48.9 Å². The number of rotatable bonds is 7. The molecule has 0 bridgehead atoms. The van der Waals surface area contributed by atoms with Crippen molar-refractivity contribution in [3.8, 4) is 0 Å². The summed E-state index contributed by atoms with van der Waals surface area (Å²) in [5.74, 6) is -0.487. The van der Waals surface area contributed by atoms with E-state index in [0.717, 1.165) is 0 Å². The molecule has 0 aromatic heterocycles. The van der Waals surface area contributed by atoms with Crippen LogP contribution in [-0.2, 0) is 14.8 Å². The number of sulfonamides is 1. The summed E-state index contributed by atoms with van der Waals surface area (Å²) in [5.41, 5.74) is 0.325. The van der Waals surface area contributed by atoms with Crippen molar-refractivity contribution in [1.29, 1.82) is 0 Å². The number of methoxy groups -OCH3 is 1. The molecule has 24 heavy (non-hydrogen) atoms. The fraction of sp³-hybridized carbons (Fsp3) is 0.588. The average molecular weight is 354 g/mol. The van der Waals surface area contributed by atoms with Crippen LogP contribution < -0.4 is 10.0 Å². The molecule has 2 N–H and O–H groups in total. The molecule has 7 heteroatoms. The van der Waals surface area contributed by atoms with Gasteiger partial charge < -0.3 is 10.1 Å². The van der Waals surface area contributed by atoms with Crippen LogP contribution in [0.15, 0.2) is 29.2 Å². The van der Waals surface area contributed by atoms with Crippen molar-refractivity contribution in [1.82, 2.24) is 10.0 Å². The largest absolute Gasteiger partial charge is 0.465 e. The van der Waals surface area contributed by atoms with Gasteiger partial charge in [-0.15, -0.1) is 0 Å². The van der Waals surface area contributed by atoms with Crippen molar-refractivity contribution in [2.75, 3.05) is 20.2 Å². The van der Waals surface area contributed by atoms with E-state index in [1.807, 2.05) is 0 Å². The second-order valence-corrected chi connectivity index (χ2v) is 7.82. The van der Waals surface area contributed by atoms with Gasteiger partial charge in [-0.3, -0.25) is 0 Å². The summed E-state index contributed by atoms with van der Waals surface area (Å²) in [6.45, 7) is 0.960. The highest BCUT2D eigenvalue weighted by molar-refractivity contribution is 7.89. The SMILES string of the molecule is COC(=O)c1ccc(S(=O)(=O)NCCNC2CCCCCC2)cc1. The summed E-state index contributed by atoms with van der Waals surface area (Å²) >= 11 is 0. The van der Waals surface area contributed by atoms with Gasteiger partial charge in [-0.1, -0.05) is 25.7 Å². The first-order valence-corrected chi connectivity index (χ1v) is 9.92. The Morgan fingerprint density at radius 3 is 2.29 bits per heavy atom. The van der Waals surface area contributed by atoms with E-state index in [1.54, 1.807) is 0 Å². The Bertz CT molecular complexity index is 620. The van der Waals surface area contributed by atoms with Gasteiger partial charge in [-0.25, -0.2) is 17.9 Å². The minimum Gasteiger partial charge on any atom is -0.465 e. The second kappa shape index (κ2) is 9.15. The molecule has 1 aromatic rings. The maximum absolute atomic E-state index is 12.2. The van der Waals surface area contributed by atoms with Gasteiger partial charge in [0, 0.05) is 19.1 Å². The van der Waals surface area contributed by atoms with Crippen LogP contribution in [0.3, 0.4) is 0 Å². The third kappa shape index (κ3) is 5.58. The molecule has 0 spiro atoms. The van der Waals surface area contributed by atoms with Crippen molar-refractivity contribution in [2.45, 2.75) is 49.5 Å². The van der Waals surface area contributed by atoms with E-state index in [9.17, 15) is 13.2 Å². The van der Waals surface area contributed by atoms with E-state index >= 15 is 0 Å². The Labute approximate surface area is 144 Å². The average Bonchev–Trinajstić information content (AvgIpc) is 2.87. The van der Waals surface area contributed by atoms with Gasteiger partial charge in [0.25, 0.3) is 0 Å². The summed E-state index contributed by atoms with van der Waals surface area (Å²) in [4.78, 5) is 11.5. The van der Waals surface area contributed by atoms with Crippen LogP contribution in [0.5, 0.6) is 0 Å². The van der Waals surface area contributed by atoms with Gasteiger partial charge in [0.05, 0.1) is 17.6 Å². The molecular formula is C17H26N2O4S. The van der Waals surface area contributed by atoms with Crippen molar-refractivity contribution < 1.29 is 17.9 Å². The molecule has 1 aliphatic carbocycles. The van der Waals surface area contributed by atoms with Gasteiger partial charge in [-0.05, 0) is 37.1 Å². The lowest BCUT2D eigenvalue weighted by Crippen LogP contribution is -2.36. The Hall–Kier alpha value is -1.44. The van der Waals surface area contributed by atoms with Crippen LogP contribution in [-0.4, -0.2) is 40.6 Å². The first-order chi connectivity index (χ1) is 11.5. The molecule has 0 saturated heterocycles. The molecule has 1 aromatic carbocycles. The van der Waals surface area contributed by atoms with Gasteiger partial charge in [0.2, 0.25) is 10.0 Å². The zero-order valence-electron chi connectivity index (χ0n) is 14.1. The predicted molar refractivity (Wildman–Crippen MR) is 92.5 cm³/mol. The number of hydrogen-bond donors (Lipinski definition) is 2. The van der Waals surface area contributed by atoms with Gasteiger partial charge in [0.1, 0.15) is 0 Å². The first-order valence-electron chi connectivity index (χ1n) is 8.44. The lowest BCUT2D eigenvalue weighted by Gasteiger charge is -2.16. The monoisotopic (exact) mass is 354 g/mol. The molecule has 2 rings (SSSR count). The van der Waals surface area contributed by atoms with E-state index in [0.29, 0.717) is 24.7 Å². The van der Waals surface area contributed by atoms with Crippen LogP contribution >= 0.6 is 0 Å². The van der Waals surface area contributed by atoms with Crippen molar-refractivity contribution in [2.24, 2.45) is 0 Å².